The van der Waals surface area contributed by atoms with Crippen molar-refractivity contribution in [2.45, 2.75) is 18.6 Å². The number of anilines is 1. The Bertz CT molecular complexity index is 681. The molecule has 1 aliphatic heterocycles. The summed E-state index contributed by atoms with van der Waals surface area (Å²) in [5.74, 6) is 0.729. The van der Waals surface area contributed by atoms with E-state index >= 15 is 0 Å². The number of fused-ring (bicyclic) bond motifs is 1. The van der Waals surface area contributed by atoms with Crippen molar-refractivity contribution in [2.75, 3.05) is 11.4 Å². The van der Waals surface area contributed by atoms with Gasteiger partial charge in [-0.15, -0.1) is 0 Å². The van der Waals surface area contributed by atoms with Crippen LogP contribution in [0.25, 0.3) is 10.8 Å². The first-order valence-electron chi connectivity index (χ1n) is 6.46. The van der Waals surface area contributed by atoms with E-state index in [4.69, 9.17) is 0 Å². The predicted octanol–water partition coefficient (Wildman–Crippen LogP) is 2.62. The van der Waals surface area contributed by atoms with Crippen molar-refractivity contribution in [2.24, 2.45) is 0 Å². The standard InChI is InChI=1S/C15H14N2O2S/c1-10(18)20-12-8-14(19)17(9-12)15-13-5-3-2-4-11(13)6-7-16-15/h2-7,12H,8-9H2,1H3. The number of thioether (sulfide) groups is 1. The highest BCUT2D eigenvalue weighted by Crippen LogP contribution is 2.31. The molecule has 5 heteroatoms. The fourth-order valence-electron chi connectivity index (χ4n) is 2.51. The Balaban J connectivity index is 1.95. The Morgan fingerprint density at radius 2 is 2.15 bits per heavy atom. The van der Waals surface area contributed by atoms with Gasteiger partial charge in [-0.2, -0.15) is 0 Å². The predicted molar refractivity (Wildman–Crippen MR) is 80.8 cm³/mol. The first-order valence-corrected chi connectivity index (χ1v) is 7.34. The summed E-state index contributed by atoms with van der Waals surface area (Å²) in [6, 6.07) is 9.81. The van der Waals surface area contributed by atoms with Crippen LogP contribution in [0.3, 0.4) is 0 Å². The molecule has 2 heterocycles. The van der Waals surface area contributed by atoms with Gasteiger partial charge in [0.25, 0.3) is 0 Å². The number of hydrogen-bond acceptors (Lipinski definition) is 4. The van der Waals surface area contributed by atoms with E-state index in [0.29, 0.717) is 18.8 Å². The average Bonchev–Trinajstić information content (AvgIpc) is 2.78. The molecule has 0 spiro atoms. The highest BCUT2D eigenvalue weighted by molar-refractivity contribution is 8.14. The summed E-state index contributed by atoms with van der Waals surface area (Å²) in [6.07, 6.45) is 2.12. The van der Waals surface area contributed by atoms with Crippen molar-refractivity contribution in [1.82, 2.24) is 4.98 Å². The zero-order chi connectivity index (χ0) is 14.1. The topological polar surface area (TPSA) is 50.3 Å². The summed E-state index contributed by atoms with van der Waals surface area (Å²) >= 11 is 1.24. The SMILES string of the molecule is CC(=O)SC1CC(=O)N(c2nccc3ccccc23)C1. The molecule has 20 heavy (non-hydrogen) atoms. The van der Waals surface area contributed by atoms with E-state index in [2.05, 4.69) is 4.98 Å². The van der Waals surface area contributed by atoms with Gasteiger partial charge in [0, 0.05) is 36.7 Å². The van der Waals surface area contributed by atoms with E-state index in [0.717, 1.165) is 10.8 Å². The molecule has 0 N–H and O–H groups in total. The van der Waals surface area contributed by atoms with Gasteiger partial charge in [-0.05, 0) is 11.5 Å². The number of hydrogen-bond donors (Lipinski definition) is 0. The number of carbonyl (C=O) groups excluding carboxylic acids is 2. The number of rotatable bonds is 2. The summed E-state index contributed by atoms with van der Waals surface area (Å²) < 4.78 is 0. The maximum absolute atomic E-state index is 12.2. The molecule has 1 unspecified atom stereocenters. The van der Waals surface area contributed by atoms with Gasteiger partial charge in [0.1, 0.15) is 5.82 Å². The lowest BCUT2D eigenvalue weighted by Gasteiger charge is -2.17. The van der Waals surface area contributed by atoms with Gasteiger partial charge in [-0.3, -0.25) is 14.5 Å². The minimum atomic E-state index is 0.0285. The third-order valence-corrected chi connectivity index (χ3v) is 4.31. The number of nitrogens with zero attached hydrogens (tertiary/aromatic N) is 2. The molecule has 1 saturated heterocycles. The number of benzene rings is 1. The Morgan fingerprint density at radius 1 is 1.35 bits per heavy atom. The molecular weight excluding hydrogens is 272 g/mol. The first-order chi connectivity index (χ1) is 9.65. The largest absolute Gasteiger partial charge is 0.295 e. The van der Waals surface area contributed by atoms with Crippen LogP contribution in [0.5, 0.6) is 0 Å². The highest BCUT2D eigenvalue weighted by Gasteiger charge is 2.33. The molecule has 0 bridgehead atoms. The van der Waals surface area contributed by atoms with Crippen LogP contribution in [0, 0.1) is 0 Å². The fraction of sp³-hybridized carbons (Fsp3) is 0.267. The Labute approximate surface area is 121 Å². The highest BCUT2D eigenvalue weighted by atomic mass is 32.2. The van der Waals surface area contributed by atoms with E-state index in [-0.39, 0.29) is 16.3 Å². The van der Waals surface area contributed by atoms with Gasteiger partial charge >= 0.3 is 0 Å². The zero-order valence-electron chi connectivity index (χ0n) is 11.1. The monoisotopic (exact) mass is 286 g/mol. The third kappa shape index (κ3) is 2.41. The lowest BCUT2D eigenvalue weighted by molar-refractivity contribution is -0.117. The van der Waals surface area contributed by atoms with Crippen LogP contribution in [0.15, 0.2) is 36.5 Å². The van der Waals surface area contributed by atoms with Gasteiger partial charge in [0.2, 0.25) is 5.91 Å². The third-order valence-electron chi connectivity index (χ3n) is 3.33. The van der Waals surface area contributed by atoms with Crippen LogP contribution < -0.4 is 4.90 Å². The van der Waals surface area contributed by atoms with Crippen LogP contribution in [0.4, 0.5) is 5.82 Å². The van der Waals surface area contributed by atoms with Crippen LogP contribution >= 0.6 is 11.8 Å². The van der Waals surface area contributed by atoms with Crippen molar-refractivity contribution < 1.29 is 9.59 Å². The van der Waals surface area contributed by atoms with Crippen LogP contribution in [0.1, 0.15) is 13.3 Å². The van der Waals surface area contributed by atoms with Crippen LogP contribution in [0.2, 0.25) is 0 Å². The molecule has 2 aromatic rings. The number of pyridine rings is 1. The van der Waals surface area contributed by atoms with E-state index in [1.54, 1.807) is 11.1 Å². The average molecular weight is 286 g/mol. The molecule has 1 atom stereocenters. The molecule has 0 saturated carbocycles. The number of aromatic nitrogens is 1. The summed E-state index contributed by atoms with van der Waals surface area (Å²) in [6.45, 7) is 2.08. The molecule has 1 aromatic carbocycles. The first kappa shape index (κ1) is 13.1. The second-order valence-electron chi connectivity index (χ2n) is 4.80. The van der Waals surface area contributed by atoms with Crippen molar-refractivity contribution in [3.05, 3.63) is 36.5 Å². The molecule has 3 rings (SSSR count). The molecule has 4 nitrogen and oxygen atoms in total. The van der Waals surface area contributed by atoms with Crippen LogP contribution in [-0.2, 0) is 9.59 Å². The smallest absolute Gasteiger partial charge is 0.229 e. The molecule has 102 valence electrons. The lowest BCUT2D eigenvalue weighted by Crippen LogP contribution is -2.26. The lowest BCUT2D eigenvalue weighted by atomic mass is 10.1. The molecule has 1 amide bonds. The van der Waals surface area contributed by atoms with E-state index in [9.17, 15) is 9.59 Å². The second-order valence-corrected chi connectivity index (χ2v) is 6.27. The van der Waals surface area contributed by atoms with Crippen molar-refractivity contribution in [3.63, 3.8) is 0 Å². The number of amides is 1. The molecule has 1 aromatic heterocycles. The van der Waals surface area contributed by atoms with Gasteiger partial charge in [0.15, 0.2) is 5.12 Å². The quantitative estimate of drug-likeness (QED) is 0.851. The van der Waals surface area contributed by atoms with Crippen molar-refractivity contribution in [1.29, 1.82) is 0 Å². The molecule has 0 aliphatic carbocycles. The zero-order valence-corrected chi connectivity index (χ0v) is 11.9. The minimum absolute atomic E-state index is 0.0285. The fourth-order valence-corrected chi connectivity index (χ4v) is 3.43. The molecule has 0 radical (unpaired) electrons. The Morgan fingerprint density at radius 3 is 2.95 bits per heavy atom. The second kappa shape index (κ2) is 5.25. The summed E-state index contributed by atoms with van der Waals surface area (Å²) in [4.78, 5) is 29.4. The van der Waals surface area contributed by atoms with Gasteiger partial charge in [0.05, 0.1) is 0 Å². The molecular formula is C15H14N2O2S. The summed E-state index contributed by atoms with van der Waals surface area (Å²) in [5.41, 5.74) is 0. The van der Waals surface area contributed by atoms with Gasteiger partial charge < -0.3 is 0 Å². The van der Waals surface area contributed by atoms with Gasteiger partial charge in [-0.1, -0.05) is 36.0 Å². The van der Waals surface area contributed by atoms with E-state index in [1.807, 2.05) is 30.3 Å². The van der Waals surface area contributed by atoms with E-state index in [1.165, 1.54) is 18.7 Å². The summed E-state index contributed by atoms with van der Waals surface area (Å²) in [7, 11) is 0. The molecule has 1 fully saturated rings. The minimum Gasteiger partial charge on any atom is -0.295 e. The maximum atomic E-state index is 12.2. The normalized spacial score (nSPS) is 18.8. The Kier molecular flexibility index (Phi) is 3.44. The maximum Gasteiger partial charge on any atom is 0.229 e. The Hall–Kier alpha value is -1.88. The van der Waals surface area contributed by atoms with Gasteiger partial charge in [-0.25, -0.2) is 4.98 Å². The van der Waals surface area contributed by atoms with Crippen LogP contribution in [-0.4, -0.2) is 27.8 Å². The molecule has 1 aliphatic rings. The van der Waals surface area contributed by atoms with E-state index < -0.39 is 0 Å². The summed E-state index contributed by atoms with van der Waals surface area (Å²) in [5, 5.41) is 2.11. The van der Waals surface area contributed by atoms with Crippen molar-refractivity contribution in [3.8, 4) is 0 Å². The number of carbonyl (C=O) groups is 2. The van der Waals surface area contributed by atoms with Crippen molar-refractivity contribution >= 4 is 39.4 Å².